The summed E-state index contributed by atoms with van der Waals surface area (Å²) in [5.74, 6) is 0. The predicted molar refractivity (Wildman–Crippen MR) is 51.4 cm³/mol. The summed E-state index contributed by atoms with van der Waals surface area (Å²) in [6.45, 7) is 3.72. The molecule has 0 amide bonds. The Balaban J connectivity index is 3.78. The molecule has 1 heterocycles. The van der Waals surface area contributed by atoms with Crippen molar-refractivity contribution in [2.24, 2.45) is 7.05 Å². The van der Waals surface area contributed by atoms with E-state index >= 15 is 0 Å². The molecule has 13 heavy (non-hydrogen) atoms. The molecule has 5 heteroatoms. The summed E-state index contributed by atoms with van der Waals surface area (Å²) < 4.78 is 2.42. The van der Waals surface area contributed by atoms with Gasteiger partial charge in [0.1, 0.15) is 5.15 Å². The summed E-state index contributed by atoms with van der Waals surface area (Å²) in [6, 6.07) is 0. The topological polar surface area (TPSA) is 44.0 Å². The van der Waals surface area contributed by atoms with Gasteiger partial charge in [-0.15, -0.1) is 0 Å². The molecule has 0 saturated heterocycles. The zero-order valence-corrected chi connectivity index (χ0v) is 8.55. The number of nitrogens with zero attached hydrogens (tertiary/aromatic N) is 2. The third-order valence-electron chi connectivity index (χ3n) is 2.00. The van der Waals surface area contributed by atoms with Crippen LogP contribution in [0, 0.1) is 6.92 Å². The lowest BCUT2D eigenvalue weighted by Crippen LogP contribution is -2.40. The Morgan fingerprint density at radius 2 is 1.92 bits per heavy atom. The molecule has 0 saturated carbocycles. The highest BCUT2D eigenvalue weighted by Gasteiger charge is 2.10. The third kappa shape index (κ3) is 1.42. The lowest BCUT2D eigenvalue weighted by molar-refractivity contribution is 0.615. The van der Waals surface area contributed by atoms with E-state index < -0.39 is 0 Å². The second-order valence-electron chi connectivity index (χ2n) is 2.81. The highest BCUT2D eigenvalue weighted by molar-refractivity contribution is 6.30. The van der Waals surface area contributed by atoms with Gasteiger partial charge in [0.2, 0.25) is 0 Å². The summed E-state index contributed by atoms with van der Waals surface area (Å²) in [5.41, 5.74) is -0.274. The van der Waals surface area contributed by atoms with E-state index in [1.165, 1.54) is 4.57 Å². The summed E-state index contributed by atoms with van der Waals surface area (Å²) in [5, 5.41) is 0.208. The zero-order chi connectivity index (χ0) is 10.2. The minimum absolute atomic E-state index is 0.208. The van der Waals surface area contributed by atoms with Crippen LogP contribution in [0.2, 0.25) is 5.15 Å². The van der Waals surface area contributed by atoms with E-state index in [-0.39, 0.29) is 16.4 Å². The van der Waals surface area contributed by atoms with Crippen molar-refractivity contribution in [1.82, 2.24) is 9.13 Å². The van der Waals surface area contributed by atoms with Crippen LogP contribution in [0.3, 0.4) is 0 Å². The molecule has 0 N–H and O–H groups in total. The number of hydrogen-bond acceptors (Lipinski definition) is 2. The molecule has 0 aromatic carbocycles. The van der Waals surface area contributed by atoms with Crippen molar-refractivity contribution in [3.8, 4) is 0 Å². The van der Waals surface area contributed by atoms with Crippen LogP contribution < -0.4 is 11.2 Å². The number of rotatable bonds is 1. The molecule has 1 rings (SSSR count). The van der Waals surface area contributed by atoms with Crippen LogP contribution in [0.5, 0.6) is 0 Å². The largest absolute Gasteiger partial charge is 0.331 e. The molecule has 0 aliphatic carbocycles. The molecule has 72 valence electrons. The SMILES string of the molecule is CCn1c(=O)c(C)c(Cl)n(C)c1=O. The van der Waals surface area contributed by atoms with Gasteiger partial charge in [0.05, 0.1) is 5.56 Å². The van der Waals surface area contributed by atoms with Crippen molar-refractivity contribution in [2.75, 3.05) is 0 Å². The Hall–Kier alpha value is -1.03. The van der Waals surface area contributed by atoms with Gasteiger partial charge in [-0.3, -0.25) is 13.9 Å². The maximum atomic E-state index is 11.5. The highest BCUT2D eigenvalue weighted by Crippen LogP contribution is 2.05. The Bertz CT molecular complexity index is 407. The Labute approximate surface area is 80.4 Å². The monoisotopic (exact) mass is 202 g/mol. The Morgan fingerprint density at radius 3 is 2.38 bits per heavy atom. The zero-order valence-electron chi connectivity index (χ0n) is 7.80. The first-order chi connectivity index (χ1) is 6.00. The average molecular weight is 203 g/mol. The van der Waals surface area contributed by atoms with E-state index in [0.717, 1.165) is 4.57 Å². The molecular weight excluding hydrogens is 192 g/mol. The molecule has 0 aliphatic rings. The van der Waals surface area contributed by atoms with Gasteiger partial charge in [-0.25, -0.2) is 4.79 Å². The molecule has 0 radical (unpaired) electrons. The maximum Gasteiger partial charge on any atom is 0.331 e. The van der Waals surface area contributed by atoms with Crippen molar-refractivity contribution >= 4 is 11.6 Å². The van der Waals surface area contributed by atoms with Crippen LogP contribution in [0.4, 0.5) is 0 Å². The molecule has 1 aromatic rings. The second kappa shape index (κ2) is 3.38. The van der Waals surface area contributed by atoms with Crippen molar-refractivity contribution in [2.45, 2.75) is 20.4 Å². The van der Waals surface area contributed by atoms with Crippen LogP contribution in [0.1, 0.15) is 12.5 Å². The summed E-state index contributed by atoms with van der Waals surface area (Å²) in [4.78, 5) is 22.9. The fraction of sp³-hybridized carbons (Fsp3) is 0.500. The van der Waals surface area contributed by atoms with Crippen molar-refractivity contribution in [1.29, 1.82) is 0 Å². The van der Waals surface area contributed by atoms with Crippen LogP contribution in [-0.4, -0.2) is 9.13 Å². The Kier molecular flexibility index (Phi) is 2.61. The maximum absolute atomic E-state index is 11.5. The van der Waals surface area contributed by atoms with Gasteiger partial charge < -0.3 is 0 Å². The molecule has 0 aliphatic heterocycles. The van der Waals surface area contributed by atoms with Gasteiger partial charge in [0.25, 0.3) is 5.56 Å². The molecule has 0 spiro atoms. The lowest BCUT2D eigenvalue weighted by Gasteiger charge is -2.08. The average Bonchev–Trinajstić information content (AvgIpc) is 2.13. The van der Waals surface area contributed by atoms with Gasteiger partial charge >= 0.3 is 5.69 Å². The van der Waals surface area contributed by atoms with Gasteiger partial charge in [0, 0.05) is 13.6 Å². The summed E-state index contributed by atoms with van der Waals surface area (Å²) in [7, 11) is 1.54. The normalized spacial score (nSPS) is 10.5. The molecule has 0 atom stereocenters. The number of halogens is 1. The van der Waals surface area contributed by atoms with Gasteiger partial charge in [0.15, 0.2) is 0 Å². The van der Waals surface area contributed by atoms with E-state index in [0.29, 0.717) is 12.1 Å². The Morgan fingerprint density at radius 1 is 1.38 bits per heavy atom. The highest BCUT2D eigenvalue weighted by atomic mass is 35.5. The molecule has 4 nitrogen and oxygen atoms in total. The van der Waals surface area contributed by atoms with Crippen LogP contribution in [-0.2, 0) is 13.6 Å². The van der Waals surface area contributed by atoms with E-state index in [2.05, 4.69) is 0 Å². The van der Waals surface area contributed by atoms with E-state index in [1.807, 2.05) is 0 Å². The minimum Gasteiger partial charge on any atom is -0.287 e. The van der Waals surface area contributed by atoms with Crippen molar-refractivity contribution in [3.05, 3.63) is 31.6 Å². The molecular formula is C8H11ClN2O2. The van der Waals surface area contributed by atoms with E-state index in [1.54, 1.807) is 20.9 Å². The first-order valence-electron chi connectivity index (χ1n) is 3.96. The van der Waals surface area contributed by atoms with Gasteiger partial charge in [-0.05, 0) is 13.8 Å². The quantitative estimate of drug-likeness (QED) is 0.624. The third-order valence-corrected chi connectivity index (χ3v) is 2.54. The van der Waals surface area contributed by atoms with Gasteiger partial charge in [-0.1, -0.05) is 11.6 Å². The minimum atomic E-state index is -0.372. The number of aromatic nitrogens is 2. The standard InChI is InChI=1S/C8H11ClN2O2/c1-4-11-7(12)5(2)6(9)10(3)8(11)13/h4H2,1-3H3. The molecule has 0 bridgehead atoms. The molecule has 1 aromatic heterocycles. The second-order valence-corrected chi connectivity index (χ2v) is 3.16. The molecule has 0 fully saturated rings. The van der Waals surface area contributed by atoms with Crippen LogP contribution in [0.15, 0.2) is 9.59 Å². The van der Waals surface area contributed by atoms with Crippen molar-refractivity contribution in [3.63, 3.8) is 0 Å². The summed E-state index contributed by atoms with van der Waals surface area (Å²) >= 11 is 5.77. The van der Waals surface area contributed by atoms with Crippen molar-refractivity contribution < 1.29 is 0 Å². The van der Waals surface area contributed by atoms with Crippen LogP contribution in [0.25, 0.3) is 0 Å². The molecule has 0 unspecified atom stereocenters. The fourth-order valence-corrected chi connectivity index (χ4v) is 1.33. The predicted octanol–water partition coefficient (Wildman–Crippen LogP) is 0.529. The van der Waals surface area contributed by atoms with Gasteiger partial charge in [-0.2, -0.15) is 0 Å². The first kappa shape index (κ1) is 10.1. The van der Waals surface area contributed by atoms with E-state index in [9.17, 15) is 9.59 Å². The van der Waals surface area contributed by atoms with Crippen LogP contribution >= 0.6 is 11.6 Å². The fourth-order valence-electron chi connectivity index (χ4n) is 1.17. The van der Waals surface area contributed by atoms with E-state index in [4.69, 9.17) is 11.6 Å². The first-order valence-corrected chi connectivity index (χ1v) is 4.34. The smallest absolute Gasteiger partial charge is 0.287 e. The number of hydrogen-bond donors (Lipinski definition) is 0. The summed E-state index contributed by atoms with van der Waals surface area (Å²) in [6.07, 6.45) is 0. The lowest BCUT2D eigenvalue weighted by atomic mass is 10.4.